The molecule has 0 bridgehead atoms. The van der Waals surface area contributed by atoms with E-state index in [-0.39, 0.29) is 17.3 Å². The van der Waals surface area contributed by atoms with Crippen molar-refractivity contribution in [2.24, 2.45) is 0 Å². The molecule has 156 valence electrons. The summed E-state index contributed by atoms with van der Waals surface area (Å²) in [6.07, 6.45) is 0.629. The Hall–Kier alpha value is -3.75. The van der Waals surface area contributed by atoms with Crippen molar-refractivity contribution < 1.29 is 24.0 Å². The van der Waals surface area contributed by atoms with Gasteiger partial charge in [-0.3, -0.25) is 19.7 Å². The Morgan fingerprint density at radius 3 is 2.43 bits per heavy atom. The van der Waals surface area contributed by atoms with Gasteiger partial charge in [0, 0.05) is 29.3 Å². The number of non-ortho nitro benzene ring substituents is 1. The summed E-state index contributed by atoms with van der Waals surface area (Å²) < 4.78 is 5.41. The Balaban J connectivity index is 1.67. The van der Waals surface area contributed by atoms with E-state index in [0.29, 0.717) is 5.56 Å². The summed E-state index contributed by atoms with van der Waals surface area (Å²) in [5.74, 6) is -1.88. The summed E-state index contributed by atoms with van der Waals surface area (Å²) in [4.78, 5) is 47.7. The monoisotopic (exact) mass is 411 g/mol. The number of rotatable bonds is 8. The molecule has 0 aromatic heterocycles. The minimum Gasteiger partial charge on any atom is -0.446 e. The van der Waals surface area contributed by atoms with Gasteiger partial charge in [-0.1, -0.05) is 36.4 Å². The third-order valence-corrected chi connectivity index (χ3v) is 4.52. The van der Waals surface area contributed by atoms with Crippen molar-refractivity contribution in [3.8, 4) is 0 Å². The van der Waals surface area contributed by atoms with Gasteiger partial charge in [0.15, 0.2) is 0 Å². The molecular formula is C21H21N3O6. The topological polar surface area (TPSA) is 128 Å². The van der Waals surface area contributed by atoms with Gasteiger partial charge in [-0.2, -0.15) is 0 Å². The number of hydrogen-bond acceptors (Lipinski definition) is 6. The summed E-state index contributed by atoms with van der Waals surface area (Å²) in [5, 5.41) is 16.1. The van der Waals surface area contributed by atoms with Crippen LogP contribution in [0.3, 0.4) is 0 Å². The average molecular weight is 411 g/mol. The lowest BCUT2D eigenvalue weighted by Crippen LogP contribution is -2.42. The number of nitro groups is 1. The van der Waals surface area contributed by atoms with Crippen molar-refractivity contribution in [2.45, 2.75) is 38.0 Å². The van der Waals surface area contributed by atoms with Gasteiger partial charge < -0.3 is 15.4 Å². The van der Waals surface area contributed by atoms with Gasteiger partial charge in [-0.05, 0) is 25.8 Å². The first-order valence-electron chi connectivity index (χ1n) is 9.46. The largest absolute Gasteiger partial charge is 0.446 e. The molecule has 2 N–H and O–H groups in total. The number of nitro benzene ring substituents is 1. The Bertz CT molecular complexity index is 958. The molecule has 0 saturated heterocycles. The molecule has 30 heavy (non-hydrogen) atoms. The maximum Gasteiger partial charge on any atom is 0.329 e. The molecule has 0 spiro atoms. The fourth-order valence-electron chi connectivity index (χ4n) is 2.72. The van der Waals surface area contributed by atoms with Crippen molar-refractivity contribution in [2.75, 3.05) is 0 Å². The molecule has 9 heteroatoms. The lowest BCUT2D eigenvalue weighted by atomic mass is 10.1. The Morgan fingerprint density at radius 2 is 1.80 bits per heavy atom. The summed E-state index contributed by atoms with van der Waals surface area (Å²) in [7, 11) is 0. The van der Waals surface area contributed by atoms with Crippen LogP contribution in [0.5, 0.6) is 0 Å². The molecule has 2 amide bonds. The zero-order chi connectivity index (χ0) is 21.7. The Labute approximate surface area is 172 Å². The van der Waals surface area contributed by atoms with Crippen molar-refractivity contribution in [1.29, 1.82) is 0 Å². The van der Waals surface area contributed by atoms with Crippen LogP contribution in [-0.2, 0) is 14.3 Å². The van der Waals surface area contributed by atoms with Gasteiger partial charge in [0.1, 0.15) is 6.04 Å². The average Bonchev–Trinajstić information content (AvgIpc) is 3.56. The Kier molecular flexibility index (Phi) is 6.41. The zero-order valence-corrected chi connectivity index (χ0v) is 16.2. The fourth-order valence-corrected chi connectivity index (χ4v) is 2.72. The van der Waals surface area contributed by atoms with E-state index in [1.54, 1.807) is 30.3 Å². The smallest absolute Gasteiger partial charge is 0.329 e. The summed E-state index contributed by atoms with van der Waals surface area (Å²) >= 11 is 0. The van der Waals surface area contributed by atoms with E-state index in [2.05, 4.69) is 10.6 Å². The van der Waals surface area contributed by atoms with Gasteiger partial charge in [0.2, 0.25) is 6.10 Å². The number of carbonyl (C=O) groups is 3. The molecule has 2 atom stereocenters. The van der Waals surface area contributed by atoms with E-state index in [1.165, 1.54) is 25.1 Å². The van der Waals surface area contributed by atoms with Crippen LogP contribution in [0.15, 0.2) is 54.6 Å². The second kappa shape index (κ2) is 9.17. The van der Waals surface area contributed by atoms with E-state index >= 15 is 0 Å². The van der Waals surface area contributed by atoms with Gasteiger partial charge in [-0.15, -0.1) is 0 Å². The number of ether oxygens (including phenoxy) is 1. The van der Waals surface area contributed by atoms with Gasteiger partial charge in [-0.25, -0.2) is 4.79 Å². The molecule has 1 aliphatic carbocycles. The van der Waals surface area contributed by atoms with Crippen LogP contribution in [-0.4, -0.2) is 34.8 Å². The normalized spacial score (nSPS) is 14.8. The van der Waals surface area contributed by atoms with Crippen molar-refractivity contribution >= 4 is 23.5 Å². The number of esters is 1. The highest BCUT2D eigenvalue weighted by Gasteiger charge is 2.32. The molecule has 1 saturated carbocycles. The predicted octanol–water partition coefficient (Wildman–Crippen LogP) is 2.28. The SMILES string of the molecule is C[C@H](NC(=O)c1cccc([N+](=O)[O-])c1)C(=O)O[C@@H](C(=O)NC1CC1)c1ccccc1. The number of carbonyl (C=O) groups excluding carboxylic acids is 3. The molecule has 1 aliphatic rings. The van der Waals surface area contributed by atoms with E-state index in [9.17, 15) is 24.5 Å². The second-order valence-corrected chi connectivity index (χ2v) is 7.01. The number of nitrogens with zero attached hydrogens (tertiary/aromatic N) is 1. The first-order chi connectivity index (χ1) is 14.3. The fraction of sp³-hybridized carbons (Fsp3) is 0.286. The predicted molar refractivity (Wildman–Crippen MR) is 106 cm³/mol. The molecule has 2 aromatic carbocycles. The zero-order valence-electron chi connectivity index (χ0n) is 16.2. The lowest BCUT2D eigenvalue weighted by Gasteiger charge is -2.20. The Morgan fingerprint density at radius 1 is 1.10 bits per heavy atom. The maximum atomic E-state index is 12.6. The third kappa shape index (κ3) is 5.40. The number of amides is 2. The molecule has 9 nitrogen and oxygen atoms in total. The number of benzene rings is 2. The van der Waals surface area contributed by atoms with Gasteiger partial charge in [0.05, 0.1) is 4.92 Å². The molecular weight excluding hydrogens is 390 g/mol. The number of nitrogens with one attached hydrogen (secondary N) is 2. The van der Waals surface area contributed by atoms with Crippen molar-refractivity contribution in [1.82, 2.24) is 10.6 Å². The first-order valence-corrected chi connectivity index (χ1v) is 9.46. The quantitative estimate of drug-likeness (QED) is 0.390. The third-order valence-electron chi connectivity index (χ3n) is 4.52. The van der Waals surface area contributed by atoms with E-state index in [4.69, 9.17) is 4.74 Å². The van der Waals surface area contributed by atoms with Crippen LogP contribution >= 0.6 is 0 Å². The summed E-state index contributed by atoms with van der Waals surface area (Å²) in [6, 6.07) is 12.8. The standard InChI is InChI=1S/C21H21N3O6/c1-13(22-19(25)15-8-5-9-17(12-15)24(28)29)21(27)30-18(14-6-3-2-4-7-14)20(26)23-16-10-11-16/h2-9,12-13,16,18H,10-11H2,1H3,(H,22,25)(H,23,26)/t13-,18+/m0/s1. The van der Waals surface area contributed by atoms with Gasteiger partial charge in [0.25, 0.3) is 17.5 Å². The molecule has 2 aromatic rings. The van der Waals surface area contributed by atoms with Crippen LogP contribution in [0.25, 0.3) is 0 Å². The molecule has 0 unspecified atom stereocenters. The van der Waals surface area contributed by atoms with E-state index in [0.717, 1.165) is 18.9 Å². The van der Waals surface area contributed by atoms with Crippen LogP contribution in [0, 0.1) is 10.1 Å². The minimum absolute atomic E-state index is 0.0370. The van der Waals surface area contributed by atoms with Crippen LogP contribution in [0.1, 0.15) is 41.8 Å². The molecule has 0 aliphatic heterocycles. The lowest BCUT2D eigenvalue weighted by molar-refractivity contribution is -0.384. The summed E-state index contributed by atoms with van der Waals surface area (Å²) in [6.45, 7) is 1.42. The summed E-state index contributed by atoms with van der Waals surface area (Å²) in [5.41, 5.74) is 0.315. The molecule has 3 rings (SSSR count). The van der Waals surface area contributed by atoms with Crippen LogP contribution < -0.4 is 10.6 Å². The molecule has 0 heterocycles. The maximum absolute atomic E-state index is 12.6. The highest BCUT2D eigenvalue weighted by atomic mass is 16.6. The minimum atomic E-state index is -1.14. The molecule has 1 fully saturated rings. The highest BCUT2D eigenvalue weighted by molar-refractivity contribution is 5.97. The highest BCUT2D eigenvalue weighted by Crippen LogP contribution is 2.23. The molecule has 0 radical (unpaired) electrons. The van der Waals surface area contributed by atoms with E-state index < -0.39 is 34.9 Å². The number of hydrogen-bond donors (Lipinski definition) is 2. The van der Waals surface area contributed by atoms with Crippen molar-refractivity contribution in [3.05, 3.63) is 75.8 Å². The second-order valence-electron chi connectivity index (χ2n) is 7.01. The van der Waals surface area contributed by atoms with Crippen LogP contribution in [0.4, 0.5) is 5.69 Å². The van der Waals surface area contributed by atoms with Gasteiger partial charge >= 0.3 is 5.97 Å². The van der Waals surface area contributed by atoms with Crippen LogP contribution in [0.2, 0.25) is 0 Å². The first kappa shape index (κ1) is 21.0. The van der Waals surface area contributed by atoms with Crippen molar-refractivity contribution in [3.63, 3.8) is 0 Å². The van der Waals surface area contributed by atoms with E-state index in [1.807, 2.05) is 0 Å².